The highest BCUT2D eigenvalue weighted by atomic mass is 32.1. The Labute approximate surface area is 79.8 Å². The van der Waals surface area contributed by atoms with Crippen molar-refractivity contribution in [1.29, 1.82) is 0 Å². The molecule has 1 aliphatic heterocycles. The number of anilines is 1. The number of carbonyl (C=O) groups is 1. The number of hydrogen-bond donors (Lipinski definition) is 0. The molecule has 0 aliphatic carbocycles. The molecular formula is C8H7N3OS. The molecular weight excluding hydrogens is 186 g/mol. The fourth-order valence-electron chi connectivity index (χ4n) is 1.29. The zero-order chi connectivity index (χ0) is 9.26. The van der Waals surface area contributed by atoms with Gasteiger partial charge >= 0.3 is 0 Å². The van der Waals surface area contributed by atoms with E-state index in [2.05, 4.69) is 15.3 Å². The molecule has 1 aliphatic rings. The van der Waals surface area contributed by atoms with Crippen molar-refractivity contribution in [2.24, 2.45) is 5.92 Å². The Bertz CT molecular complexity index is 354. The van der Waals surface area contributed by atoms with Crippen LogP contribution in [-0.2, 0) is 4.79 Å². The standard InChI is InChI=1S/C8H7N3OS/c1-2-6-3-7(12)11(4-6)8-9-5-10-13-8/h1,5-6H,3-4H2. The van der Waals surface area contributed by atoms with Crippen molar-refractivity contribution in [1.82, 2.24) is 9.36 Å². The first-order valence-electron chi connectivity index (χ1n) is 3.84. The summed E-state index contributed by atoms with van der Waals surface area (Å²) in [6.45, 7) is 0.574. The van der Waals surface area contributed by atoms with Crippen LogP contribution >= 0.6 is 11.5 Å². The number of hydrogen-bond acceptors (Lipinski definition) is 4. The molecule has 1 saturated heterocycles. The third kappa shape index (κ3) is 1.40. The second-order valence-corrected chi connectivity index (χ2v) is 3.55. The third-order valence-electron chi connectivity index (χ3n) is 1.94. The molecule has 0 spiro atoms. The first-order chi connectivity index (χ1) is 6.31. The van der Waals surface area contributed by atoms with E-state index in [4.69, 9.17) is 6.42 Å². The average Bonchev–Trinajstić information content (AvgIpc) is 2.72. The van der Waals surface area contributed by atoms with Crippen molar-refractivity contribution < 1.29 is 4.79 Å². The molecule has 5 heteroatoms. The number of amides is 1. The lowest BCUT2D eigenvalue weighted by atomic mass is 10.1. The molecule has 4 nitrogen and oxygen atoms in total. The first kappa shape index (κ1) is 8.20. The van der Waals surface area contributed by atoms with Gasteiger partial charge in [0.15, 0.2) is 0 Å². The molecule has 2 rings (SSSR count). The first-order valence-corrected chi connectivity index (χ1v) is 4.62. The van der Waals surface area contributed by atoms with E-state index in [1.807, 2.05) is 0 Å². The predicted octanol–water partition coefficient (Wildman–Crippen LogP) is 0.524. The predicted molar refractivity (Wildman–Crippen MR) is 49.2 cm³/mol. The molecule has 0 saturated carbocycles. The minimum Gasteiger partial charge on any atom is -0.286 e. The Morgan fingerprint density at radius 2 is 2.62 bits per heavy atom. The van der Waals surface area contributed by atoms with Gasteiger partial charge in [0.05, 0.1) is 0 Å². The van der Waals surface area contributed by atoms with E-state index < -0.39 is 0 Å². The van der Waals surface area contributed by atoms with Gasteiger partial charge < -0.3 is 0 Å². The number of rotatable bonds is 1. The van der Waals surface area contributed by atoms with Crippen molar-refractivity contribution in [2.75, 3.05) is 11.4 Å². The lowest BCUT2D eigenvalue weighted by Crippen LogP contribution is -2.23. The Morgan fingerprint density at radius 1 is 1.77 bits per heavy atom. The largest absolute Gasteiger partial charge is 0.286 e. The highest BCUT2D eigenvalue weighted by Crippen LogP contribution is 2.24. The monoisotopic (exact) mass is 193 g/mol. The van der Waals surface area contributed by atoms with Gasteiger partial charge in [0, 0.05) is 30.4 Å². The van der Waals surface area contributed by atoms with Crippen molar-refractivity contribution in [3.63, 3.8) is 0 Å². The molecule has 1 fully saturated rings. The minimum absolute atomic E-state index is 0.0244. The quantitative estimate of drug-likeness (QED) is 0.611. The smallest absolute Gasteiger partial charge is 0.230 e. The molecule has 0 N–H and O–H groups in total. The van der Waals surface area contributed by atoms with Crippen LogP contribution in [-0.4, -0.2) is 21.8 Å². The number of carbonyl (C=O) groups excluding carboxylic acids is 1. The van der Waals surface area contributed by atoms with Gasteiger partial charge in [-0.2, -0.15) is 4.37 Å². The number of nitrogens with zero attached hydrogens (tertiary/aromatic N) is 3. The second-order valence-electron chi connectivity index (χ2n) is 2.80. The molecule has 0 aromatic carbocycles. The van der Waals surface area contributed by atoms with Gasteiger partial charge in [-0.05, 0) is 0 Å². The lowest BCUT2D eigenvalue weighted by Gasteiger charge is -2.09. The Hall–Kier alpha value is -1.41. The van der Waals surface area contributed by atoms with Crippen molar-refractivity contribution in [3.8, 4) is 12.3 Å². The van der Waals surface area contributed by atoms with Crippen LogP contribution in [0.25, 0.3) is 0 Å². The number of terminal acetylenes is 1. The summed E-state index contributed by atoms with van der Waals surface area (Å²) in [4.78, 5) is 17.0. The van der Waals surface area contributed by atoms with Crippen LogP contribution in [0.3, 0.4) is 0 Å². The summed E-state index contributed by atoms with van der Waals surface area (Å²) in [6, 6.07) is 0. The van der Waals surface area contributed by atoms with Crippen molar-refractivity contribution >= 4 is 22.6 Å². The van der Waals surface area contributed by atoms with Gasteiger partial charge in [-0.3, -0.25) is 9.69 Å². The average molecular weight is 193 g/mol. The van der Waals surface area contributed by atoms with E-state index in [0.29, 0.717) is 18.1 Å². The Morgan fingerprint density at radius 3 is 3.15 bits per heavy atom. The molecule has 13 heavy (non-hydrogen) atoms. The summed E-state index contributed by atoms with van der Waals surface area (Å²) in [5, 5.41) is 0.641. The summed E-state index contributed by atoms with van der Waals surface area (Å²) in [7, 11) is 0. The van der Waals surface area contributed by atoms with Gasteiger partial charge in [0.25, 0.3) is 0 Å². The highest BCUT2D eigenvalue weighted by molar-refractivity contribution is 7.09. The van der Waals surface area contributed by atoms with E-state index in [9.17, 15) is 4.79 Å². The van der Waals surface area contributed by atoms with Gasteiger partial charge in [-0.1, -0.05) is 0 Å². The van der Waals surface area contributed by atoms with E-state index in [0.717, 1.165) is 0 Å². The molecule has 0 radical (unpaired) electrons. The Balaban J connectivity index is 2.19. The maximum atomic E-state index is 11.4. The maximum absolute atomic E-state index is 11.4. The topological polar surface area (TPSA) is 46.1 Å². The zero-order valence-electron chi connectivity index (χ0n) is 6.80. The molecule has 0 bridgehead atoms. The fraction of sp³-hybridized carbons (Fsp3) is 0.375. The van der Waals surface area contributed by atoms with Crippen LogP contribution in [0.4, 0.5) is 5.13 Å². The summed E-state index contributed by atoms with van der Waals surface area (Å²) in [5.74, 6) is 2.65. The zero-order valence-corrected chi connectivity index (χ0v) is 7.62. The summed E-state index contributed by atoms with van der Waals surface area (Å²) in [6.07, 6.45) is 7.12. The molecule has 1 unspecified atom stereocenters. The molecule has 2 heterocycles. The summed E-state index contributed by atoms with van der Waals surface area (Å²) in [5.41, 5.74) is 0. The van der Waals surface area contributed by atoms with E-state index >= 15 is 0 Å². The van der Waals surface area contributed by atoms with Crippen LogP contribution in [0.1, 0.15) is 6.42 Å². The van der Waals surface area contributed by atoms with Crippen molar-refractivity contribution in [3.05, 3.63) is 6.33 Å². The van der Waals surface area contributed by atoms with Crippen LogP contribution in [0.15, 0.2) is 6.33 Å². The second kappa shape index (κ2) is 3.15. The Kier molecular flexibility index (Phi) is 1.99. The maximum Gasteiger partial charge on any atom is 0.230 e. The minimum atomic E-state index is 0.0244. The van der Waals surface area contributed by atoms with E-state index in [1.54, 1.807) is 4.90 Å². The van der Waals surface area contributed by atoms with E-state index in [1.165, 1.54) is 17.9 Å². The van der Waals surface area contributed by atoms with E-state index in [-0.39, 0.29) is 11.8 Å². The molecule has 1 aromatic heterocycles. The molecule has 1 aromatic rings. The lowest BCUT2D eigenvalue weighted by molar-refractivity contribution is -0.117. The number of aromatic nitrogens is 2. The van der Waals surface area contributed by atoms with Crippen LogP contribution in [0.5, 0.6) is 0 Å². The third-order valence-corrected chi connectivity index (χ3v) is 2.63. The van der Waals surface area contributed by atoms with Gasteiger partial charge in [-0.25, -0.2) is 4.98 Å². The highest BCUT2D eigenvalue weighted by Gasteiger charge is 2.30. The summed E-state index contributed by atoms with van der Waals surface area (Å²) < 4.78 is 3.84. The fourth-order valence-corrected chi connectivity index (χ4v) is 1.85. The van der Waals surface area contributed by atoms with Crippen LogP contribution in [0, 0.1) is 18.3 Å². The van der Waals surface area contributed by atoms with Gasteiger partial charge in [0.1, 0.15) is 6.33 Å². The molecule has 1 atom stereocenters. The van der Waals surface area contributed by atoms with Gasteiger partial charge in [0.2, 0.25) is 11.0 Å². The SMILES string of the molecule is C#CC1CC(=O)N(c2ncns2)C1. The van der Waals surface area contributed by atoms with Gasteiger partial charge in [-0.15, -0.1) is 12.3 Å². The summed E-state index contributed by atoms with van der Waals surface area (Å²) >= 11 is 1.21. The normalized spacial score (nSPS) is 21.9. The molecule has 66 valence electrons. The van der Waals surface area contributed by atoms with Crippen molar-refractivity contribution in [2.45, 2.75) is 6.42 Å². The van der Waals surface area contributed by atoms with Crippen LogP contribution in [0.2, 0.25) is 0 Å². The van der Waals surface area contributed by atoms with Crippen LogP contribution < -0.4 is 4.90 Å². The molecule has 1 amide bonds.